The van der Waals surface area contributed by atoms with Gasteiger partial charge in [0.05, 0.1) is 12.3 Å². The third kappa shape index (κ3) is 3.56. The molecule has 1 aliphatic carbocycles. The summed E-state index contributed by atoms with van der Waals surface area (Å²) in [5.41, 5.74) is 1.23. The molecule has 0 radical (unpaired) electrons. The van der Waals surface area contributed by atoms with E-state index in [0.29, 0.717) is 5.92 Å². The predicted octanol–water partition coefficient (Wildman–Crippen LogP) is 1.65. The SMILES string of the molecule is CC1CCC(O)C(CN(C)Cc2cnn(C)c2)C1. The van der Waals surface area contributed by atoms with Crippen LogP contribution in [0.5, 0.6) is 0 Å². The van der Waals surface area contributed by atoms with Gasteiger partial charge in [-0.3, -0.25) is 4.68 Å². The summed E-state index contributed by atoms with van der Waals surface area (Å²) >= 11 is 0. The summed E-state index contributed by atoms with van der Waals surface area (Å²) in [6.45, 7) is 4.17. The largest absolute Gasteiger partial charge is 0.393 e. The molecule has 4 heteroatoms. The highest BCUT2D eigenvalue weighted by atomic mass is 16.3. The Morgan fingerprint density at radius 2 is 2.28 bits per heavy atom. The Balaban J connectivity index is 1.84. The lowest BCUT2D eigenvalue weighted by molar-refractivity contribution is 0.0338. The quantitative estimate of drug-likeness (QED) is 0.884. The summed E-state index contributed by atoms with van der Waals surface area (Å²) in [5.74, 6) is 1.18. The Kier molecular flexibility index (Phi) is 4.40. The van der Waals surface area contributed by atoms with Gasteiger partial charge in [0.2, 0.25) is 0 Å². The number of nitrogens with zero attached hydrogens (tertiary/aromatic N) is 3. The first-order chi connectivity index (χ1) is 8.54. The summed E-state index contributed by atoms with van der Waals surface area (Å²) in [6.07, 6.45) is 7.14. The van der Waals surface area contributed by atoms with Crippen molar-refractivity contribution in [2.24, 2.45) is 18.9 Å². The molecule has 1 aliphatic rings. The molecule has 3 unspecified atom stereocenters. The van der Waals surface area contributed by atoms with Crippen molar-refractivity contribution < 1.29 is 5.11 Å². The zero-order valence-corrected chi connectivity index (χ0v) is 11.7. The molecule has 0 spiro atoms. The lowest BCUT2D eigenvalue weighted by Gasteiger charge is -2.34. The standard InChI is InChI=1S/C14H25N3O/c1-11-4-5-14(18)13(6-11)10-16(2)8-12-7-15-17(3)9-12/h7,9,11,13-14,18H,4-6,8,10H2,1-3H3. The fourth-order valence-electron chi connectivity index (χ4n) is 3.01. The van der Waals surface area contributed by atoms with Gasteiger partial charge in [-0.25, -0.2) is 0 Å². The van der Waals surface area contributed by atoms with Crippen LogP contribution in [0.3, 0.4) is 0 Å². The van der Waals surface area contributed by atoms with Crippen LogP contribution < -0.4 is 0 Å². The van der Waals surface area contributed by atoms with Gasteiger partial charge in [-0.1, -0.05) is 6.92 Å². The van der Waals surface area contributed by atoms with Crippen LogP contribution in [-0.4, -0.2) is 39.5 Å². The van der Waals surface area contributed by atoms with Gasteiger partial charge in [-0.2, -0.15) is 5.10 Å². The monoisotopic (exact) mass is 251 g/mol. The first kappa shape index (κ1) is 13.6. The molecule has 1 aromatic heterocycles. The fraction of sp³-hybridized carbons (Fsp3) is 0.786. The maximum Gasteiger partial charge on any atom is 0.0580 e. The number of aromatic nitrogens is 2. The van der Waals surface area contributed by atoms with Gasteiger partial charge in [0.25, 0.3) is 0 Å². The summed E-state index contributed by atoms with van der Waals surface area (Å²) in [6, 6.07) is 0. The minimum Gasteiger partial charge on any atom is -0.393 e. The smallest absolute Gasteiger partial charge is 0.0580 e. The average molecular weight is 251 g/mol. The number of aliphatic hydroxyl groups excluding tert-OH is 1. The maximum absolute atomic E-state index is 10.1. The van der Waals surface area contributed by atoms with E-state index in [9.17, 15) is 5.11 Å². The van der Waals surface area contributed by atoms with Crippen molar-refractivity contribution >= 4 is 0 Å². The van der Waals surface area contributed by atoms with Crippen molar-refractivity contribution in [2.45, 2.75) is 38.8 Å². The molecule has 0 bridgehead atoms. The second kappa shape index (κ2) is 5.85. The van der Waals surface area contributed by atoms with E-state index in [2.05, 4.69) is 30.2 Å². The normalized spacial score (nSPS) is 28.8. The minimum absolute atomic E-state index is 0.113. The van der Waals surface area contributed by atoms with Crippen LogP contribution in [0.1, 0.15) is 31.7 Å². The van der Waals surface area contributed by atoms with Crippen LogP contribution >= 0.6 is 0 Å². The topological polar surface area (TPSA) is 41.3 Å². The molecule has 2 rings (SSSR count). The van der Waals surface area contributed by atoms with Crippen LogP contribution in [0.25, 0.3) is 0 Å². The van der Waals surface area contributed by atoms with Crippen LogP contribution in [0.15, 0.2) is 12.4 Å². The van der Waals surface area contributed by atoms with Gasteiger partial charge < -0.3 is 10.0 Å². The Morgan fingerprint density at radius 1 is 1.50 bits per heavy atom. The van der Waals surface area contributed by atoms with E-state index >= 15 is 0 Å². The fourth-order valence-corrected chi connectivity index (χ4v) is 3.01. The van der Waals surface area contributed by atoms with E-state index in [-0.39, 0.29) is 6.10 Å². The van der Waals surface area contributed by atoms with Crippen molar-refractivity contribution in [3.8, 4) is 0 Å². The van der Waals surface area contributed by atoms with Gasteiger partial charge in [-0.15, -0.1) is 0 Å². The number of rotatable bonds is 4. The first-order valence-electron chi connectivity index (χ1n) is 6.88. The molecule has 1 fully saturated rings. The highest BCUT2D eigenvalue weighted by Crippen LogP contribution is 2.29. The summed E-state index contributed by atoms with van der Waals surface area (Å²) in [4.78, 5) is 2.29. The molecule has 0 aromatic carbocycles. The predicted molar refractivity (Wildman–Crippen MR) is 72.1 cm³/mol. The third-order valence-electron chi connectivity index (χ3n) is 3.96. The molecular weight excluding hydrogens is 226 g/mol. The van der Waals surface area contributed by atoms with Crippen LogP contribution in [0, 0.1) is 11.8 Å². The number of hydrogen-bond donors (Lipinski definition) is 1. The molecule has 0 amide bonds. The van der Waals surface area contributed by atoms with E-state index in [1.165, 1.54) is 12.0 Å². The van der Waals surface area contributed by atoms with E-state index in [4.69, 9.17) is 0 Å². The van der Waals surface area contributed by atoms with Gasteiger partial charge in [-0.05, 0) is 38.1 Å². The van der Waals surface area contributed by atoms with E-state index in [1.807, 2.05) is 17.9 Å². The Morgan fingerprint density at radius 3 is 2.94 bits per heavy atom. The lowest BCUT2D eigenvalue weighted by atomic mass is 9.80. The van der Waals surface area contributed by atoms with Crippen molar-refractivity contribution in [3.05, 3.63) is 18.0 Å². The van der Waals surface area contributed by atoms with Gasteiger partial charge in [0.1, 0.15) is 0 Å². The van der Waals surface area contributed by atoms with E-state index < -0.39 is 0 Å². The second-order valence-electron chi connectivity index (χ2n) is 5.96. The highest BCUT2D eigenvalue weighted by molar-refractivity contribution is 5.03. The summed E-state index contributed by atoms with van der Waals surface area (Å²) < 4.78 is 1.83. The second-order valence-corrected chi connectivity index (χ2v) is 5.96. The van der Waals surface area contributed by atoms with Crippen molar-refractivity contribution in [1.82, 2.24) is 14.7 Å². The average Bonchev–Trinajstić information content (AvgIpc) is 2.69. The van der Waals surface area contributed by atoms with Crippen molar-refractivity contribution in [3.63, 3.8) is 0 Å². The Bertz CT molecular complexity index is 377. The van der Waals surface area contributed by atoms with Crippen molar-refractivity contribution in [2.75, 3.05) is 13.6 Å². The molecule has 1 aromatic rings. The highest BCUT2D eigenvalue weighted by Gasteiger charge is 2.27. The molecule has 1 heterocycles. The number of aryl methyl sites for hydroxylation is 1. The van der Waals surface area contributed by atoms with Crippen LogP contribution in [0.2, 0.25) is 0 Å². The van der Waals surface area contributed by atoms with Gasteiger partial charge >= 0.3 is 0 Å². The molecule has 0 aliphatic heterocycles. The number of aliphatic hydroxyl groups is 1. The lowest BCUT2D eigenvalue weighted by Crippen LogP contribution is -2.36. The van der Waals surface area contributed by atoms with E-state index in [1.54, 1.807) is 0 Å². The molecule has 1 N–H and O–H groups in total. The molecule has 1 saturated carbocycles. The first-order valence-corrected chi connectivity index (χ1v) is 6.88. The molecular formula is C14H25N3O. The van der Waals surface area contributed by atoms with E-state index in [0.717, 1.165) is 31.8 Å². The summed E-state index contributed by atoms with van der Waals surface area (Å²) in [7, 11) is 4.06. The van der Waals surface area contributed by atoms with Crippen LogP contribution in [0.4, 0.5) is 0 Å². The minimum atomic E-state index is -0.113. The summed E-state index contributed by atoms with van der Waals surface area (Å²) in [5, 5.41) is 14.2. The van der Waals surface area contributed by atoms with Crippen LogP contribution in [-0.2, 0) is 13.6 Å². The third-order valence-corrected chi connectivity index (χ3v) is 3.96. The molecule has 3 atom stereocenters. The van der Waals surface area contributed by atoms with Gasteiger partial charge in [0.15, 0.2) is 0 Å². The van der Waals surface area contributed by atoms with Gasteiger partial charge in [0, 0.05) is 31.9 Å². The molecule has 102 valence electrons. The Labute approximate surface area is 110 Å². The number of hydrogen-bond acceptors (Lipinski definition) is 3. The molecule has 0 saturated heterocycles. The molecule has 4 nitrogen and oxygen atoms in total. The molecule has 18 heavy (non-hydrogen) atoms. The Hall–Kier alpha value is -0.870. The maximum atomic E-state index is 10.1. The van der Waals surface area contributed by atoms with Crippen molar-refractivity contribution in [1.29, 1.82) is 0 Å². The zero-order valence-electron chi connectivity index (χ0n) is 11.7. The zero-order chi connectivity index (χ0) is 13.1.